The van der Waals surface area contributed by atoms with E-state index < -0.39 is 0 Å². The van der Waals surface area contributed by atoms with E-state index in [9.17, 15) is 0 Å². The normalized spacial score (nSPS) is 14.7. The number of aromatic nitrogens is 3. The first-order valence-electron chi connectivity index (χ1n) is 16.7. The highest BCUT2D eigenvalue weighted by Gasteiger charge is 2.36. The first-order chi connectivity index (χ1) is 23.8. The molecule has 0 unspecified atom stereocenters. The van der Waals surface area contributed by atoms with Gasteiger partial charge in [-0.2, -0.15) is 0 Å². The van der Waals surface area contributed by atoms with Crippen LogP contribution in [0.25, 0.3) is 66.4 Å². The predicted molar refractivity (Wildman–Crippen MR) is 206 cm³/mol. The molecule has 0 saturated carbocycles. The molecule has 1 aliphatic rings. The average Bonchev–Trinajstić information content (AvgIpc) is 3.65. The standard InChI is InChI=1S/C45H37N3O/c1-7-10-17-29(9-3)28(4)26-31(16-8-2)43-46-37-22-13-11-18-32(37)41(47-43)30-24-25-38-36(27-30)45(5,6)35-21-15-20-34-40-33-19-12-14-23-39(33)49-44(40)48(38)42(34)35/h7-27H,1-2H2,3-6H3/b17-10-,28-26+,29-9+,31-16+. The Morgan fingerprint density at radius 2 is 1.61 bits per heavy atom. The minimum atomic E-state index is -0.270. The third kappa shape index (κ3) is 4.67. The molecule has 49 heavy (non-hydrogen) atoms. The largest absolute Gasteiger partial charge is 0.439 e. The number of hydrogen-bond acceptors (Lipinski definition) is 3. The zero-order valence-corrected chi connectivity index (χ0v) is 28.3. The summed E-state index contributed by atoms with van der Waals surface area (Å²) >= 11 is 0. The van der Waals surface area contributed by atoms with Crippen molar-refractivity contribution in [1.29, 1.82) is 0 Å². The van der Waals surface area contributed by atoms with Crippen molar-refractivity contribution in [3.63, 3.8) is 0 Å². The number of rotatable bonds is 7. The summed E-state index contributed by atoms with van der Waals surface area (Å²) in [6, 6.07) is 30.0. The van der Waals surface area contributed by atoms with Crippen molar-refractivity contribution in [2.45, 2.75) is 33.1 Å². The van der Waals surface area contributed by atoms with Gasteiger partial charge >= 0.3 is 0 Å². The van der Waals surface area contributed by atoms with Gasteiger partial charge in [-0.15, -0.1) is 0 Å². The Morgan fingerprint density at radius 3 is 2.41 bits per heavy atom. The highest BCUT2D eigenvalue weighted by molar-refractivity contribution is 6.21. The Balaban J connectivity index is 1.35. The van der Waals surface area contributed by atoms with Crippen LogP contribution in [-0.4, -0.2) is 14.5 Å². The Bertz CT molecular complexity index is 2630. The van der Waals surface area contributed by atoms with Crippen LogP contribution in [0.4, 0.5) is 0 Å². The van der Waals surface area contributed by atoms with Gasteiger partial charge in [0.25, 0.3) is 0 Å². The van der Waals surface area contributed by atoms with Crippen LogP contribution in [0.15, 0.2) is 156 Å². The van der Waals surface area contributed by atoms with Crippen molar-refractivity contribution in [2.24, 2.45) is 0 Å². The molecule has 0 aliphatic carbocycles. The molecule has 0 radical (unpaired) electrons. The molecule has 0 fully saturated rings. The second-order valence-electron chi connectivity index (χ2n) is 13.1. The SMILES string of the molecule is C=C\C=C/C(=C\C)C(/C)=C/C(=C\C=C)c1nc(-c2ccc3c(c2)C(C)(C)c2cccc4c5c6ccccc6oc5n-3c24)c2ccccc2n1. The summed E-state index contributed by atoms with van der Waals surface area (Å²) in [5.41, 5.74) is 12.3. The first-order valence-corrected chi connectivity index (χ1v) is 16.7. The summed E-state index contributed by atoms with van der Waals surface area (Å²) in [5.74, 6) is 0.648. The summed E-state index contributed by atoms with van der Waals surface area (Å²) in [6.07, 6.45) is 13.8. The van der Waals surface area contributed by atoms with E-state index >= 15 is 0 Å². The molecule has 4 heteroatoms. The lowest BCUT2D eigenvalue weighted by Crippen LogP contribution is -2.26. The zero-order valence-electron chi connectivity index (χ0n) is 28.3. The molecule has 0 bridgehead atoms. The van der Waals surface area contributed by atoms with Crippen LogP contribution < -0.4 is 0 Å². The molecule has 0 N–H and O–H groups in total. The fraction of sp³-hybridized carbons (Fsp3) is 0.111. The van der Waals surface area contributed by atoms with Gasteiger partial charge in [0.15, 0.2) is 5.82 Å². The molecule has 4 heterocycles. The number of allylic oxidation sites excluding steroid dienone is 10. The van der Waals surface area contributed by atoms with E-state index in [1.807, 2.05) is 31.2 Å². The van der Waals surface area contributed by atoms with Gasteiger partial charge in [-0.1, -0.05) is 124 Å². The summed E-state index contributed by atoms with van der Waals surface area (Å²) in [6.45, 7) is 16.6. The second kappa shape index (κ2) is 11.6. The quantitative estimate of drug-likeness (QED) is 0.164. The topological polar surface area (TPSA) is 43.9 Å². The van der Waals surface area contributed by atoms with E-state index in [1.54, 1.807) is 12.2 Å². The lowest BCUT2D eigenvalue weighted by Gasteiger charge is -2.34. The van der Waals surface area contributed by atoms with E-state index in [0.29, 0.717) is 5.82 Å². The Labute approximate surface area is 286 Å². The molecule has 8 rings (SSSR count). The Kier molecular flexibility index (Phi) is 7.19. The molecule has 0 spiro atoms. The maximum absolute atomic E-state index is 6.60. The number of furan rings is 1. The van der Waals surface area contributed by atoms with Crippen LogP contribution in [0.2, 0.25) is 0 Å². The van der Waals surface area contributed by atoms with Crippen molar-refractivity contribution in [1.82, 2.24) is 14.5 Å². The van der Waals surface area contributed by atoms with Crippen molar-refractivity contribution in [3.05, 3.63) is 169 Å². The minimum Gasteiger partial charge on any atom is -0.439 e. The number of para-hydroxylation sites is 3. The third-order valence-electron chi connectivity index (χ3n) is 9.88. The second-order valence-corrected chi connectivity index (χ2v) is 13.1. The molecular formula is C45H37N3O. The van der Waals surface area contributed by atoms with Gasteiger partial charge in [0.05, 0.1) is 27.8 Å². The summed E-state index contributed by atoms with van der Waals surface area (Å²) in [5, 5.41) is 4.53. The molecule has 0 amide bonds. The van der Waals surface area contributed by atoms with E-state index in [4.69, 9.17) is 14.4 Å². The smallest absolute Gasteiger partial charge is 0.213 e. The molecule has 4 aromatic carbocycles. The maximum Gasteiger partial charge on any atom is 0.213 e. The van der Waals surface area contributed by atoms with Gasteiger partial charge in [0, 0.05) is 32.7 Å². The number of fused-ring (bicyclic) bond motifs is 8. The fourth-order valence-electron chi connectivity index (χ4n) is 7.48. The predicted octanol–water partition coefficient (Wildman–Crippen LogP) is 12.0. The van der Waals surface area contributed by atoms with Crippen molar-refractivity contribution >= 4 is 49.4 Å². The lowest BCUT2D eigenvalue weighted by molar-refractivity contribution is 0.612. The van der Waals surface area contributed by atoms with Gasteiger partial charge in [-0.3, -0.25) is 4.57 Å². The molecule has 1 aliphatic heterocycles. The molecule has 3 aromatic heterocycles. The number of nitrogens with zero attached hydrogens (tertiary/aromatic N) is 3. The zero-order chi connectivity index (χ0) is 33.9. The van der Waals surface area contributed by atoms with Crippen molar-refractivity contribution in [3.8, 4) is 16.9 Å². The number of hydrogen-bond donors (Lipinski definition) is 0. The minimum absolute atomic E-state index is 0.270. The van der Waals surface area contributed by atoms with Gasteiger partial charge in [-0.25, -0.2) is 9.97 Å². The van der Waals surface area contributed by atoms with Crippen LogP contribution in [0, 0.1) is 0 Å². The Morgan fingerprint density at radius 1 is 0.837 bits per heavy atom. The van der Waals surface area contributed by atoms with E-state index in [1.165, 1.54) is 22.0 Å². The van der Waals surface area contributed by atoms with Gasteiger partial charge in [0.1, 0.15) is 5.58 Å². The van der Waals surface area contributed by atoms with Crippen molar-refractivity contribution < 1.29 is 4.42 Å². The summed E-state index contributed by atoms with van der Waals surface area (Å²) in [4.78, 5) is 10.3. The molecule has 0 saturated heterocycles. The van der Waals surface area contributed by atoms with Crippen LogP contribution in [0.1, 0.15) is 44.6 Å². The van der Waals surface area contributed by atoms with Gasteiger partial charge < -0.3 is 4.42 Å². The van der Waals surface area contributed by atoms with E-state index in [2.05, 4.69) is 130 Å². The molecule has 0 atom stereocenters. The summed E-state index contributed by atoms with van der Waals surface area (Å²) in [7, 11) is 0. The fourth-order valence-corrected chi connectivity index (χ4v) is 7.48. The molecule has 4 nitrogen and oxygen atoms in total. The van der Waals surface area contributed by atoms with Gasteiger partial charge in [0.2, 0.25) is 5.71 Å². The van der Waals surface area contributed by atoms with E-state index in [0.717, 1.165) is 66.6 Å². The van der Waals surface area contributed by atoms with Crippen LogP contribution in [0.5, 0.6) is 0 Å². The maximum atomic E-state index is 6.60. The van der Waals surface area contributed by atoms with Crippen LogP contribution >= 0.6 is 0 Å². The Hall–Kier alpha value is -6.00. The lowest BCUT2D eigenvalue weighted by atomic mass is 9.74. The molecule has 7 aromatic rings. The number of benzene rings is 4. The summed E-state index contributed by atoms with van der Waals surface area (Å²) < 4.78 is 8.92. The highest BCUT2D eigenvalue weighted by Crippen LogP contribution is 2.50. The first kappa shape index (κ1) is 30.3. The monoisotopic (exact) mass is 635 g/mol. The molecule has 238 valence electrons. The van der Waals surface area contributed by atoms with Crippen LogP contribution in [-0.2, 0) is 5.41 Å². The molecular weight excluding hydrogens is 599 g/mol. The van der Waals surface area contributed by atoms with E-state index in [-0.39, 0.29) is 5.41 Å². The van der Waals surface area contributed by atoms with Crippen molar-refractivity contribution in [2.75, 3.05) is 0 Å². The van der Waals surface area contributed by atoms with Crippen LogP contribution in [0.3, 0.4) is 0 Å². The third-order valence-corrected chi connectivity index (χ3v) is 9.88. The average molecular weight is 636 g/mol. The highest BCUT2D eigenvalue weighted by atomic mass is 16.3. The van der Waals surface area contributed by atoms with Gasteiger partial charge in [-0.05, 0) is 66.5 Å².